The molecule has 1 aliphatic heterocycles. The van der Waals surface area contributed by atoms with Crippen molar-refractivity contribution in [3.8, 4) is 0 Å². The van der Waals surface area contributed by atoms with E-state index < -0.39 is 6.09 Å². The number of hydrogen-bond donors (Lipinski definition) is 2. The largest absolute Gasteiger partial charge is 0.452 e. The summed E-state index contributed by atoms with van der Waals surface area (Å²) in [5, 5.41) is 1.46. The van der Waals surface area contributed by atoms with Crippen molar-refractivity contribution in [2.75, 3.05) is 38.8 Å². The number of thiocarbonyl (C=S) groups is 1. The van der Waals surface area contributed by atoms with Crippen molar-refractivity contribution >= 4 is 40.0 Å². The minimum atomic E-state index is -0.406. The molecule has 7 nitrogen and oxygen atoms in total. The normalized spacial score (nSPS) is 17.5. The molecule has 1 fully saturated rings. The lowest BCUT2D eigenvalue weighted by Gasteiger charge is -2.36. The first-order chi connectivity index (χ1) is 12.0. The number of rotatable bonds is 3. The fraction of sp³-hybridized carbons (Fsp3) is 0.412. The molecule has 1 amide bonds. The highest BCUT2D eigenvalue weighted by Crippen LogP contribution is 2.26. The van der Waals surface area contributed by atoms with Crippen molar-refractivity contribution in [2.45, 2.75) is 12.5 Å². The Morgan fingerprint density at radius 2 is 2.36 bits per heavy atom. The molecule has 1 atom stereocenters. The molecule has 0 aliphatic carbocycles. The molecule has 1 aromatic carbocycles. The summed E-state index contributed by atoms with van der Waals surface area (Å²) in [7, 11) is 3.05. The number of benzene rings is 1. The molecule has 1 aliphatic rings. The van der Waals surface area contributed by atoms with E-state index in [0.717, 1.165) is 28.6 Å². The monoisotopic (exact) mass is 362 g/mol. The molecule has 0 bridgehead atoms. The van der Waals surface area contributed by atoms with Gasteiger partial charge in [0.05, 0.1) is 26.4 Å². The fourth-order valence-corrected chi connectivity index (χ4v) is 3.39. The van der Waals surface area contributed by atoms with E-state index in [1.807, 2.05) is 29.3 Å². The molecule has 134 valence electrons. The van der Waals surface area contributed by atoms with Crippen LogP contribution in [0.25, 0.3) is 10.9 Å². The molecule has 1 saturated heterocycles. The van der Waals surface area contributed by atoms with Gasteiger partial charge in [-0.2, -0.15) is 0 Å². The zero-order valence-corrected chi connectivity index (χ0v) is 15.1. The minimum absolute atomic E-state index is 0.104. The summed E-state index contributed by atoms with van der Waals surface area (Å²) >= 11 is 5.16. The van der Waals surface area contributed by atoms with Gasteiger partial charge in [0.25, 0.3) is 0 Å². The van der Waals surface area contributed by atoms with Gasteiger partial charge in [-0.05, 0) is 42.4 Å². The standard InChI is InChI=1S/C17H22N4O3S/c1-20(17(22)23-2)12-3-4-15-14(8-12)11(9-19-15)7-13-10-24-6-5-21(13)16(18)25/h3-4,8-9,13,19H,5-7,10H2,1-2H3,(H2,18,25)/t13-/m0/s1. The number of hydrogen-bond acceptors (Lipinski definition) is 4. The van der Waals surface area contributed by atoms with Gasteiger partial charge in [-0.15, -0.1) is 0 Å². The third kappa shape index (κ3) is 3.54. The van der Waals surface area contributed by atoms with Gasteiger partial charge < -0.3 is 25.1 Å². The van der Waals surface area contributed by atoms with E-state index in [1.54, 1.807) is 7.05 Å². The van der Waals surface area contributed by atoms with Crippen LogP contribution in [-0.4, -0.2) is 61.0 Å². The van der Waals surface area contributed by atoms with Crippen LogP contribution in [0.2, 0.25) is 0 Å². The number of H-pyrrole nitrogens is 1. The van der Waals surface area contributed by atoms with E-state index in [9.17, 15) is 4.79 Å². The molecule has 0 unspecified atom stereocenters. The molecule has 8 heteroatoms. The molecule has 2 heterocycles. The van der Waals surface area contributed by atoms with Gasteiger partial charge in [-0.25, -0.2) is 4.79 Å². The first-order valence-corrected chi connectivity index (χ1v) is 8.47. The number of nitrogens with two attached hydrogens (primary N) is 1. The topological polar surface area (TPSA) is 83.8 Å². The lowest BCUT2D eigenvalue weighted by atomic mass is 10.0. The predicted molar refractivity (Wildman–Crippen MR) is 101 cm³/mol. The first-order valence-electron chi connectivity index (χ1n) is 8.06. The van der Waals surface area contributed by atoms with E-state index >= 15 is 0 Å². The van der Waals surface area contributed by atoms with Gasteiger partial charge in [-0.3, -0.25) is 4.90 Å². The van der Waals surface area contributed by atoms with Crippen LogP contribution in [0.15, 0.2) is 24.4 Å². The number of nitrogens with one attached hydrogen (secondary N) is 1. The Balaban J connectivity index is 1.88. The van der Waals surface area contributed by atoms with Gasteiger partial charge in [0, 0.05) is 36.4 Å². The molecule has 0 spiro atoms. The van der Waals surface area contributed by atoms with Crippen LogP contribution in [0.1, 0.15) is 5.56 Å². The van der Waals surface area contributed by atoms with Crippen molar-refractivity contribution in [1.29, 1.82) is 0 Å². The van der Waals surface area contributed by atoms with Crippen LogP contribution in [0, 0.1) is 0 Å². The lowest BCUT2D eigenvalue weighted by molar-refractivity contribution is 0.0274. The number of carbonyl (C=O) groups excluding carboxylic acids is 1. The van der Waals surface area contributed by atoms with Crippen molar-refractivity contribution in [3.63, 3.8) is 0 Å². The van der Waals surface area contributed by atoms with Crippen LogP contribution in [-0.2, 0) is 15.9 Å². The lowest BCUT2D eigenvalue weighted by Crippen LogP contribution is -2.51. The van der Waals surface area contributed by atoms with Gasteiger partial charge in [0.1, 0.15) is 0 Å². The molecule has 0 saturated carbocycles. The van der Waals surface area contributed by atoms with Crippen molar-refractivity contribution < 1.29 is 14.3 Å². The van der Waals surface area contributed by atoms with Crippen molar-refractivity contribution in [3.05, 3.63) is 30.0 Å². The molecular formula is C17H22N4O3S. The van der Waals surface area contributed by atoms with Crippen LogP contribution < -0.4 is 10.6 Å². The number of anilines is 1. The number of aromatic nitrogens is 1. The van der Waals surface area contributed by atoms with Crippen LogP contribution in [0.4, 0.5) is 10.5 Å². The Hall–Kier alpha value is -2.32. The van der Waals surface area contributed by atoms with Crippen molar-refractivity contribution in [1.82, 2.24) is 9.88 Å². The Morgan fingerprint density at radius 1 is 1.56 bits per heavy atom. The van der Waals surface area contributed by atoms with E-state index in [-0.39, 0.29) is 6.04 Å². The highest BCUT2D eigenvalue weighted by molar-refractivity contribution is 7.80. The quantitative estimate of drug-likeness (QED) is 0.811. The fourth-order valence-electron chi connectivity index (χ4n) is 3.15. The molecule has 0 radical (unpaired) electrons. The highest BCUT2D eigenvalue weighted by atomic mass is 32.1. The molecule has 2 aromatic rings. The van der Waals surface area contributed by atoms with Crippen LogP contribution in [0.3, 0.4) is 0 Å². The number of amides is 1. The number of fused-ring (bicyclic) bond motifs is 1. The summed E-state index contributed by atoms with van der Waals surface area (Å²) < 4.78 is 10.4. The van der Waals surface area contributed by atoms with E-state index in [0.29, 0.717) is 24.9 Å². The van der Waals surface area contributed by atoms with E-state index in [4.69, 9.17) is 27.4 Å². The second kappa shape index (κ2) is 7.28. The average molecular weight is 362 g/mol. The van der Waals surface area contributed by atoms with Gasteiger partial charge in [0.15, 0.2) is 5.11 Å². The summed E-state index contributed by atoms with van der Waals surface area (Å²) in [6.45, 7) is 1.93. The number of aromatic amines is 1. The van der Waals surface area contributed by atoms with Gasteiger partial charge in [0.2, 0.25) is 0 Å². The minimum Gasteiger partial charge on any atom is -0.452 e. The SMILES string of the molecule is COC(=O)N(C)c1ccc2[nH]cc(C[C@H]3COCCN3C(N)=S)c2c1. The second-order valence-corrected chi connectivity index (χ2v) is 6.46. The predicted octanol–water partition coefficient (Wildman–Crippen LogP) is 1.86. The van der Waals surface area contributed by atoms with Gasteiger partial charge >= 0.3 is 6.09 Å². The Kier molecular flexibility index (Phi) is 5.10. The smallest absolute Gasteiger partial charge is 0.413 e. The first kappa shape index (κ1) is 17.5. The summed E-state index contributed by atoms with van der Waals surface area (Å²) in [5.74, 6) is 0. The Labute approximate surface area is 151 Å². The van der Waals surface area contributed by atoms with Gasteiger partial charge in [-0.1, -0.05) is 0 Å². The highest BCUT2D eigenvalue weighted by Gasteiger charge is 2.25. The third-order valence-corrected chi connectivity index (χ3v) is 4.79. The summed E-state index contributed by atoms with van der Waals surface area (Å²) in [6.07, 6.45) is 2.33. The molecular weight excluding hydrogens is 340 g/mol. The zero-order chi connectivity index (χ0) is 18.0. The number of nitrogens with zero attached hydrogens (tertiary/aromatic N) is 2. The van der Waals surface area contributed by atoms with Crippen molar-refractivity contribution in [2.24, 2.45) is 5.73 Å². The summed E-state index contributed by atoms with van der Waals surface area (Å²) in [4.78, 5) is 18.5. The van der Waals surface area contributed by atoms with Crippen LogP contribution >= 0.6 is 12.2 Å². The zero-order valence-electron chi connectivity index (χ0n) is 14.3. The molecule has 25 heavy (non-hydrogen) atoms. The molecule has 1 aromatic heterocycles. The number of ether oxygens (including phenoxy) is 2. The maximum Gasteiger partial charge on any atom is 0.413 e. The second-order valence-electron chi connectivity index (χ2n) is 6.04. The molecule has 3 rings (SSSR count). The maximum absolute atomic E-state index is 11.8. The van der Waals surface area contributed by atoms with E-state index in [1.165, 1.54) is 12.0 Å². The average Bonchev–Trinajstić information content (AvgIpc) is 3.02. The van der Waals surface area contributed by atoms with E-state index in [2.05, 4.69) is 4.98 Å². The maximum atomic E-state index is 11.8. The summed E-state index contributed by atoms with van der Waals surface area (Å²) in [6, 6.07) is 5.92. The number of morpholine rings is 1. The Bertz CT molecular complexity index is 791. The summed E-state index contributed by atoms with van der Waals surface area (Å²) in [5.41, 5.74) is 8.76. The Morgan fingerprint density at radius 3 is 3.08 bits per heavy atom. The van der Waals surface area contributed by atoms with Crippen LogP contribution in [0.5, 0.6) is 0 Å². The molecule has 3 N–H and O–H groups in total. The third-order valence-electron chi connectivity index (χ3n) is 4.55. The number of carbonyl (C=O) groups is 1. The number of methoxy groups -OCH3 is 1.